The van der Waals surface area contributed by atoms with Crippen LogP contribution in [0, 0.1) is 11.3 Å². The minimum absolute atomic E-state index is 0.159. The topological polar surface area (TPSA) is 15.6 Å². The first-order valence-corrected chi connectivity index (χ1v) is 7.72. The van der Waals surface area contributed by atoms with Gasteiger partial charge in [0.05, 0.1) is 12.6 Å². The largest absolute Gasteiger partial charge is 0.289 e. The fourth-order valence-corrected chi connectivity index (χ4v) is 3.29. The molecule has 1 heterocycles. The van der Waals surface area contributed by atoms with Gasteiger partial charge in [-0.1, -0.05) is 65.8 Å². The van der Waals surface area contributed by atoms with Gasteiger partial charge in [-0.2, -0.15) is 5.10 Å². The van der Waals surface area contributed by atoms with Crippen molar-refractivity contribution in [2.75, 3.05) is 0 Å². The molecule has 0 N–H and O–H groups in total. The smallest absolute Gasteiger partial charge is 0.0614 e. The Morgan fingerprint density at radius 1 is 1.10 bits per heavy atom. The molecule has 0 radical (unpaired) electrons. The summed E-state index contributed by atoms with van der Waals surface area (Å²) < 4.78 is 0. The maximum Gasteiger partial charge on any atom is 0.0614 e. The summed E-state index contributed by atoms with van der Waals surface area (Å²) in [7, 11) is 0. The van der Waals surface area contributed by atoms with Crippen molar-refractivity contribution in [3.05, 3.63) is 35.4 Å². The van der Waals surface area contributed by atoms with E-state index in [-0.39, 0.29) is 5.41 Å². The molecule has 1 aliphatic heterocycles. The molecule has 0 unspecified atom stereocenters. The molecule has 2 heteroatoms. The lowest BCUT2D eigenvalue weighted by molar-refractivity contribution is 0.115. The van der Waals surface area contributed by atoms with Crippen LogP contribution < -0.4 is 0 Å². The van der Waals surface area contributed by atoms with Crippen LogP contribution in [0.2, 0.25) is 0 Å². The van der Waals surface area contributed by atoms with E-state index in [1.54, 1.807) is 0 Å². The molecule has 110 valence electrons. The average molecular weight is 272 g/mol. The molecule has 0 spiro atoms. The first-order chi connectivity index (χ1) is 9.31. The predicted molar refractivity (Wildman–Crippen MR) is 87.0 cm³/mol. The van der Waals surface area contributed by atoms with Gasteiger partial charge in [0.1, 0.15) is 0 Å². The van der Waals surface area contributed by atoms with E-state index in [0.29, 0.717) is 17.9 Å². The standard InChI is InChI=1S/C18H28N2/c1-13(2)16-9-7-15(8-10-16)11-20-17(14(3)4)18(5,6)12-19-20/h7-10,12-14,17H,11H2,1-6H3/t17-/m1/s1. The maximum atomic E-state index is 4.65. The van der Waals surface area contributed by atoms with E-state index in [1.807, 2.05) is 0 Å². The summed E-state index contributed by atoms with van der Waals surface area (Å²) in [6.07, 6.45) is 2.11. The van der Waals surface area contributed by atoms with Gasteiger partial charge < -0.3 is 0 Å². The van der Waals surface area contributed by atoms with Crippen molar-refractivity contribution in [2.45, 2.75) is 60.0 Å². The van der Waals surface area contributed by atoms with Gasteiger partial charge in [-0.15, -0.1) is 0 Å². The highest BCUT2D eigenvalue weighted by Gasteiger charge is 2.39. The lowest BCUT2D eigenvalue weighted by Crippen LogP contribution is -2.41. The van der Waals surface area contributed by atoms with Crippen LogP contribution in [0.3, 0.4) is 0 Å². The Hall–Kier alpha value is -1.31. The second kappa shape index (κ2) is 5.59. The highest BCUT2D eigenvalue weighted by Crippen LogP contribution is 2.35. The van der Waals surface area contributed by atoms with Gasteiger partial charge in [0.2, 0.25) is 0 Å². The van der Waals surface area contributed by atoms with E-state index in [1.165, 1.54) is 11.1 Å². The van der Waals surface area contributed by atoms with Gasteiger partial charge in [-0.25, -0.2) is 0 Å². The minimum atomic E-state index is 0.159. The number of rotatable bonds is 4. The second-order valence-electron chi connectivity index (χ2n) is 7.25. The number of hydrogen-bond donors (Lipinski definition) is 0. The summed E-state index contributed by atoms with van der Waals surface area (Å²) in [6.45, 7) is 14.5. The van der Waals surface area contributed by atoms with Crippen LogP contribution >= 0.6 is 0 Å². The monoisotopic (exact) mass is 272 g/mol. The van der Waals surface area contributed by atoms with Crippen molar-refractivity contribution in [3.8, 4) is 0 Å². The lowest BCUT2D eigenvalue weighted by atomic mass is 9.80. The van der Waals surface area contributed by atoms with E-state index < -0.39 is 0 Å². The quantitative estimate of drug-likeness (QED) is 0.778. The van der Waals surface area contributed by atoms with Crippen molar-refractivity contribution >= 4 is 6.21 Å². The third-order valence-corrected chi connectivity index (χ3v) is 4.24. The Morgan fingerprint density at radius 3 is 2.20 bits per heavy atom. The predicted octanol–water partition coefficient (Wildman–Crippen LogP) is 4.66. The van der Waals surface area contributed by atoms with Crippen molar-refractivity contribution in [3.63, 3.8) is 0 Å². The zero-order valence-electron chi connectivity index (χ0n) is 13.7. The van der Waals surface area contributed by atoms with Crippen LogP contribution in [0.1, 0.15) is 58.6 Å². The fraction of sp³-hybridized carbons (Fsp3) is 0.611. The molecule has 0 fully saturated rings. The van der Waals surface area contributed by atoms with Gasteiger partial charge in [-0.05, 0) is 23.0 Å². The Kier molecular flexibility index (Phi) is 4.22. The molecular formula is C18H28N2. The zero-order valence-corrected chi connectivity index (χ0v) is 13.7. The number of benzene rings is 1. The molecule has 1 atom stereocenters. The molecule has 1 aromatic carbocycles. The summed E-state index contributed by atoms with van der Waals surface area (Å²) in [5.74, 6) is 1.19. The molecule has 0 saturated carbocycles. The molecule has 20 heavy (non-hydrogen) atoms. The van der Waals surface area contributed by atoms with E-state index in [4.69, 9.17) is 0 Å². The summed E-state index contributed by atoms with van der Waals surface area (Å²) in [4.78, 5) is 0. The lowest BCUT2D eigenvalue weighted by Gasteiger charge is -2.35. The molecule has 2 nitrogen and oxygen atoms in total. The van der Waals surface area contributed by atoms with Gasteiger partial charge in [0.25, 0.3) is 0 Å². The SMILES string of the molecule is CC(C)c1ccc(CN2N=CC(C)(C)[C@H]2C(C)C)cc1. The molecule has 0 aromatic heterocycles. The van der Waals surface area contributed by atoms with E-state index in [2.05, 4.69) is 82.1 Å². The molecule has 1 aromatic rings. The van der Waals surface area contributed by atoms with Crippen molar-refractivity contribution in [2.24, 2.45) is 16.4 Å². The van der Waals surface area contributed by atoms with Gasteiger partial charge >= 0.3 is 0 Å². The van der Waals surface area contributed by atoms with Crippen molar-refractivity contribution in [1.29, 1.82) is 0 Å². The van der Waals surface area contributed by atoms with Crippen molar-refractivity contribution in [1.82, 2.24) is 5.01 Å². The number of hydrazone groups is 1. The van der Waals surface area contributed by atoms with Crippen molar-refractivity contribution < 1.29 is 0 Å². The highest BCUT2D eigenvalue weighted by atomic mass is 15.5. The van der Waals surface area contributed by atoms with E-state index in [9.17, 15) is 0 Å². The van der Waals surface area contributed by atoms with E-state index >= 15 is 0 Å². The number of hydrogen-bond acceptors (Lipinski definition) is 2. The third-order valence-electron chi connectivity index (χ3n) is 4.24. The Morgan fingerprint density at radius 2 is 1.70 bits per heavy atom. The summed E-state index contributed by atoms with van der Waals surface area (Å²) in [5.41, 5.74) is 2.90. The summed E-state index contributed by atoms with van der Waals surface area (Å²) >= 11 is 0. The van der Waals surface area contributed by atoms with Crippen LogP contribution in [0.25, 0.3) is 0 Å². The Balaban J connectivity index is 2.11. The Bertz CT molecular complexity index is 469. The normalized spacial score (nSPS) is 21.2. The molecule has 0 aliphatic carbocycles. The first kappa shape index (κ1) is 15.1. The van der Waals surface area contributed by atoms with Gasteiger partial charge in [0.15, 0.2) is 0 Å². The highest BCUT2D eigenvalue weighted by molar-refractivity contribution is 5.67. The van der Waals surface area contributed by atoms with Gasteiger partial charge in [0, 0.05) is 11.6 Å². The summed E-state index contributed by atoms with van der Waals surface area (Å²) in [5, 5.41) is 6.91. The molecule has 0 amide bonds. The maximum absolute atomic E-state index is 4.65. The number of nitrogens with zero attached hydrogens (tertiary/aromatic N) is 2. The molecule has 2 rings (SSSR count). The van der Waals surface area contributed by atoms with Crippen LogP contribution in [0.5, 0.6) is 0 Å². The molecule has 0 bridgehead atoms. The third kappa shape index (κ3) is 3.05. The molecular weight excluding hydrogens is 244 g/mol. The minimum Gasteiger partial charge on any atom is -0.289 e. The Labute approximate surface area is 123 Å². The first-order valence-electron chi connectivity index (χ1n) is 7.72. The molecule has 0 saturated heterocycles. The second-order valence-corrected chi connectivity index (χ2v) is 7.25. The fourth-order valence-electron chi connectivity index (χ4n) is 3.29. The molecule has 1 aliphatic rings. The van der Waals surface area contributed by atoms with Crippen LogP contribution in [0.4, 0.5) is 0 Å². The average Bonchev–Trinajstić information content (AvgIpc) is 2.65. The van der Waals surface area contributed by atoms with Crippen LogP contribution in [-0.2, 0) is 6.54 Å². The van der Waals surface area contributed by atoms with Crippen LogP contribution in [-0.4, -0.2) is 17.3 Å². The van der Waals surface area contributed by atoms with E-state index in [0.717, 1.165) is 6.54 Å². The van der Waals surface area contributed by atoms with Crippen LogP contribution in [0.15, 0.2) is 29.4 Å². The summed E-state index contributed by atoms with van der Waals surface area (Å²) in [6, 6.07) is 9.46. The van der Waals surface area contributed by atoms with Gasteiger partial charge in [-0.3, -0.25) is 5.01 Å². The zero-order chi connectivity index (χ0) is 14.9.